The number of likely N-dealkylation sites (N-methyl/N-ethyl adjacent to an activating group) is 1. The maximum atomic E-state index is 3.98. The number of aromatic nitrogens is 2. The standard InChI is InChI=1S/C10H18N4.ClH/c1-14-4-2-3-10(14)7-11-5-9-6-12-8-13-9;/h6,8,10-11H,2-5,7H2,1H3,(H,12,13);1H. The zero-order valence-corrected chi connectivity index (χ0v) is 9.89. The lowest BCUT2D eigenvalue weighted by Crippen LogP contribution is -2.35. The molecule has 1 aromatic rings. The summed E-state index contributed by atoms with van der Waals surface area (Å²) in [7, 11) is 2.20. The molecule has 1 unspecified atom stereocenters. The monoisotopic (exact) mass is 230 g/mol. The van der Waals surface area contributed by atoms with E-state index >= 15 is 0 Å². The minimum absolute atomic E-state index is 0. The van der Waals surface area contributed by atoms with Crippen molar-refractivity contribution >= 4 is 12.4 Å². The van der Waals surface area contributed by atoms with Gasteiger partial charge in [-0.15, -0.1) is 12.4 Å². The summed E-state index contributed by atoms with van der Waals surface area (Å²) in [6.07, 6.45) is 6.25. The van der Waals surface area contributed by atoms with Crippen LogP contribution in [0, 0.1) is 0 Å². The van der Waals surface area contributed by atoms with Crippen molar-refractivity contribution in [2.24, 2.45) is 0 Å². The van der Waals surface area contributed by atoms with E-state index in [1.54, 1.807) is 6.33 Å². The van der Waals surface area contributed by atoms with Crippen molar-refractivity contribution in [3.63, 3.8) is 0 Å². The van der Waals surface area contributed by atoms with Gasteiger partial charge in [0.15, 0.2) is 0 Å². The Hall–Kier alpha value is -0.580. The van der Waals surface area contributed by atoms with Crippen molar-refractivity contribution < 1.29 is 0 Å². The summed E-state index contributed by atoms with van der Waals surface area (Å²) in [4.78, 5) is 9.50. The van der Waals surface area contributed by atoms with Crippen LogP contribution in [-0.4, -0.2) is 41.0 Å². The Morgan fingerprint density at radius 1 is 1.67 bits per heavy atom. The second kappa shape index (κ2) is 6.10. The van der Waals surface area contributed by atoms with E-state index in [0.29, 0.717) is 0 Å². The number of rotatable bonds is 4. The minimum atomic E-state index is 0. The highest BCUT2D eigenvalue weighted by Crippen LogP contribution is 2.13. The van der Waals surface area contributed by atoms with Gasteiger partial charge in [0.25, 0.3) is 0 Å². The lowest BCUT2D eigenvalue weighted by Gasteiger charge is -2.19. The normalized spacial score (nSPS) is 21.5. The van der Waals surface area contributed by atoms with Gasteiger partial charge in [-0.2, -0.15) is 0 Å². The molecule has 0 amide bonds. The average Bonchev–Trinajstić information content (AvgIpc) is 2.78. The maximum Gasteiger partial charge on any atom is 0.0922 e. The molecule has 5 heteroatoms. The first-order valence-corrected chi connectivity index (χ1v) is 5.24. The van der Waals surface area contributed by atoms with Crippen molar-refractivity contribution in [1.82, 2.24) is 20.2 Å². The Labute approximate surface area is 96.9 Å². The molecule has 1 aliphatic rings. The third-order valence-electron chi connectivity index (χ3n) is 2.92. The quantitative estimate of drug-likeness (QED) is 0.812. The Morgan fingerprint density at radius 3 is 3.13 bits per heavy atom. The molecule has 0 aromatic carbocycles. The number of likely N-dealkylation sites (tertiary alicyclic amines) is 1. The Morgan fingerprint density at radius 2 is 2.53 bits per heavy atom. The molecule has 15 heavy (non-hydrogen) atoms. The molecular weight excluding hydrogens is 212 g/mol. The fourth-order valence-electron chi connectivity index (χ4n) is 1.99. The van der Waals surface area contributed by atoms with Crippen LogP contribution in [-0.2, 0) is 6.54 Å². The third kappa shape index (κ3) is 3.48. The van der Waals surface area contributed by atoms with Gasteiger partial charge in [0.05, 0.1) is 6.33 Å². The molecule has 0 spiro atoms. The van der Waals surface area contributed by atoms with Crippen LogP contribution < -0.4 is 5.32 Å². The molecule has 4 nitrogen and oxygen atoms in total. The number of hydrogen-bond donors (Lipinski definition) is 2. The van der Waals surface area contributed by atoms with E-state index in [4.69, 9.17) is 0 Å². The summed E-state index contributed by atoms with van der Waals surface area (Å²) in [5.41, 5.74) is 1.16. The van der Waals surface area contributed by atoms with Crippen LogP contribution in [0.5, 0.6) is 0 Å². The molecule has 1 aliphatic heterocycles. The lowest BCUT2D eigenvalue weighted by atomic mass is 10.2. The summed E-state index contributed by atoms with van der Waals surface area (Å²) in [6.45, 7) is 3.22. The first-order chi connectivity index (χ1) is 6.86. The van der Waals surface area contributed by atoms with Crippen molar-refractivity contribution in [1.29, 1.82) is 0 Å². The SMILES string of the molecule is CN1CCCC1CNCc1cnc[nH]1.Cl. The van der Waals surface area contributed by atoms with Crippen molar-refractivity contribution in [2.75, 3.05) is 20.1 Å². The second-order valence-corrected chi connectivity index (χ2v) is 3.98. The first-order valence-electron chi connectivity index (χ1n) is 5.24. The Bertz CT molecular complexity index is 262. The molecule has 2 heterocycles. The number of hydrogen-bond acceptors (Lipinski definition) is 3. The Balaban J connectivity index is 0.00000112. The number of halogens is 1. The summed E-state index contributed by atoms with van der Waals surface area (Å²) in [6, 6.07) is 0.720. The van der Waals surface area contributed by atoms with Crippen LogP contribution in [0.15, 0.2) is 12.5 Å². The van der Waals surface area contributed by atoms with Crippen LogP contribution in [0.1, 0.15) is 18.5 Å². The molecule has 2 N–H and O–H groups in total. The molecule has 1 saturated heterocycles. The summed E-state index contributed by atoms with van der Waals surface area (Å²) >= 11 is 0. The highest BCUT2D eigenvalue weighted by molar-refractivity contribution is 5.85. The molecular formula is C10H19ClN4. The van der Waals surface area contributed by atoms with Gasteiger partial charge in [-0.25, -0.2) is 4.98 Å². The number of imidazole rings is 1. The average molecular weight is 231 g/mol. The lowest BCUT2D eigenvalue weighted by molar-refractivity contribution is 0.300. The summed E-state index contributed by atoms with van der Waals surface area (Å²) < 4.78 is 0. The van der Waals surface area contributed by atoms with Crippen molar-refractivity contribution in [3.8, 4) is 0 Å². The smallest absolute Gasteiger partial charge is 0.0922 e. The van der Waals surface area contributed by atoms with E-state index in [2.05, 4.69) is 27.2 Å². The molecule has 0 aliphatic carbocycles. The topological polar surface area (TPSA) is 44.0 Å². The van der Waals surface area contributed by atoms with E-state index < -0.39 is 0 Å². The van der Waals surface area contributed by atoms with E-state index in [9.17, 15) is 0 Å². The maximum absolute atomic E-state index is 3.98. The van der Waals surface area contributed by atoms with Crippen LogP contribution >= 0.6 is 12.4 Å². The molecule has 1 fully saturated rings. The molecule has 1 aromatic heterocycles. The van der Waals surface area contributed by atoms with Gasteiger partial charge in [-0.3, -0.25) is 0 Å². The summed E-state index contributed by atoms with van der Waals surface area (Å²) in [5, 5.41) is 3.45. The van der Waals surface area contributed by atoms with Gasteiger partial charge in [0.2, 0.25) is 0 Å². The van der Waals surface area contributed by atoms with Gasteiger partial charge in [0.1, 0.15) is 0 Å². The largest absolute Gasteiger partial charge is 0.347 e. The number of nitrogens with one attached hydrogen (secondary N) is 2. The number of nitrogens with zero attached hydrogens (tertiary/aromatic N) is 2. The van der Waals surface area contributed by atoms with E-state index in [1.807, 2.05) is 6.20 Å². The summed E-state index contributed by atoms with van der Waals surface area (Å²) in [5.74, 6) is 0. The van der Waals surface area contributed by atoms with Crippen molar-refractivity contribution in [3.05, 3.63) is 18.2 Å². The van der Waals surface area contributed by atoms with Gasteiger partial charge >= 0.3 is 0 Å². The van der Waals surface area contributed by atoms with Gasteiger partial charge in [0, 0.05) is 31.0 Å². The van der Waals surface area contributed by atoms with Gasteiger partial charge < -0.3 is 15.2 Å². The van der Waals surface area contributed by atoms with E-state index in [-0.39, 0.29) is 12.4 Å². The zero-order chi connectivity index (χ0) is 9.80. The van der Waals surface area contributed by atoms with E-state index in [1.165, 1.54) is 19.4 Å². The fourth-order valence-corrected chi connectivity index (χ4v) is 1.99. The highest BCUT2D eigenvalue weighted by atomic mass is 35.5. The van der Waals surface area contributed by atoms with Crippen LogP contribution in [0.25, 0.3) is 0 Å². The highest BCUT2D eigenvalue weighted by Gasteiger charge is 2.19. The van der Waals surface area contributed by atoms with E-state index in [0.717, 1.165) is 24.8 Å². The third-order valence-corrected chi connectivity index (χ3v) is 2.92. The Kier molecular flexibility index (Phi) is 5.08. The molecule has 2 rings (SSSR count). The fraction of sp³-hybridized carbons (Fsp3) is 0.700. The van der Waals surface area contributed by atoms with Gasteiger partial charge in [-0.05, 0) is 26.4 Å². The molecule has 0 saturated carbocycles. The van der Waals surface area contributed by atoms with Crippen molar-refractivity contribution in [2.45, 2.75) is 25.4 Å². The number of aromatic amines is 1. The number of H-pyrrole nitrogens is 1. The minimum Gasteiger partial charge on any atom is -0.347 e. The predicted molar refractivity (Wildman–Crippen MR) is 63.2 cm³/mol. The van der Waals surface area contributed by atoms with Crippen LogP contribution in [0.3, 0.4) is 0 Å². The molecule has 0 radical (unpaired) electrons. The van der Waals surface area contributed by atoms with Gasteiger partial charge in [-0.1, -0.05) is 0 Å². The molecule has 0 bridgehead atoms. The second-order valence-electron chi connectivity index (χ2n) is 3.98. The van der Waals surface area contributed by atoms with Crippen LogP contribution in [0.4, 0.5) is 0 Å². The van der Waals surface area contributed by atoms with Crippen LogP contribution in [0.2, 0.25) is 0 Å². The first kappa shape index (κ1) is 12.5. The predicted octanol–water partition coefficient (Wildman–Crippen LogP) is 1.02. The zero-order valence-electron chi connectivity index (χ0n) is 9.07. The molecule has 1 atom stereocenters. The molecule has 86 valence electrons.